The molecule has 2 rings (SSSR count). The molecule has 1 radical (unpaired) electrons. The molecule has 1 saturated carbocycles. The van der Waals surface area contributed by atoms with E-state index in [9.17, 15) is 0 Å². The Balaban J connectivity index is 1.39. The second-order valence-corrected chi connectivity index (χ2v) is 6.06. The molecule has 0 aromatic rings. The van der Waals surface area contributed by atoms with Gasteiger partial charge in [-0.15, -0.1) is 0 Å². The lowest BCUT2D eigenvalue weighted by molar-refractivity contribution is 0.248. The summed E-state index contributed by atoms with van der Waals surface area (Å²) in [5, 5.41) is 3.74. The zero-order chi connectivity index (χ0) is 12.5. The molecule has 2 nitrogen and oxygen atoms in total. The van der Waals surface area contributed by atoms with Gasteiger partial charge in [-0.25, -0.2) is 0 Å². The number of nitrogens with zero attached hydrogens (tertiary/aromatic N) is 1. The summed E-state index contributed by atoms with van der Waals surface area (Å²) in [4.78, 5) is 2.63. The quantitative estimate of drug-likeness (QED) is 0.698. The van der Waals surface area contributed by atoms with Gasteiger partial charge in [-0.3, -0.25) is 0 Å². The molecule has 2 heteroatoms. The number of unbranched alkanes of at least 4 members (excludes halogenated alkanes) is 2. The first-order chi connectivity index (χ1) is 8.95. The van der Waals surface area contributed by atoms with E-state index in [2.05, 4.69) is 16.6 Å². The summed E-state index contributed by atoms with van der Waals surface area (Å²) in [7, 11) is 0. The van der Waals surface area contributed by atoms with Gasteiger partial charge in [0.1, 0.15) is 0 Å². The van der Waals surface area contributed by atoms with Crippen LogP contribution in [-0.2, 0) is 0 Å². The SMILES string of the molecule is [CH]1CCN(CCCCCNC2CCCCC2)CC1. The van der Waals surface area contributed by atoms with E-state index in [1.54, 1.807) is 0 Å². The molecular weight excluding hydrogens is 220 g/mol. The Kier molecular flexibility index (Phi) is 7.11. The summed E-state index contributed by atoms with van der Waals surface area (Å²) < 4.78 is 0. The normalized spacial score (nSPS) is 23.3. The average molecular weight is 251 g/mol. The van der Waals surface area contributed by atoms with Gasteiger partial charge in [-0.2, -0.15) is 0 Å². The molecule has 105 valence electrons. The van der Waals surface area contributed by atoms with Gasteiger partial charge in [0, 0.05) is 6.04 Å². The molecule has 0 spiro atoms. The predicted molar refractivity (Wildman–Crippen MR) is 78.7 cm³/mol. The Labute approximate surface area is 114 Å². The van der Waals surface area contributed by atoms with Gasteiger partial charge in [-0.1, -0.05) is 25.7 Å². The second kappa shape index (κ2) is 8.92. The van der Waals surface area contributed by atoms with Crippen molar-refractivity contribution in [3.8, 4) is 0 Å². The lowest BCUT2D eigenvalue weighted by atomic mass is 9.95. The van der Waals surface area contributed by atoms with Crippen LogP contribution in [0.4, 0.5) is 0 Å². The third kappa shape index (κ3) is 5.71. The monoisotopic (exact) mass is 251 g/mol. The number of hydrogen-bond acceptors (Lipinski definition) is 2. The Bertz CT molecular complexity index is 171. The number of nitrogens with one attached hydrogen (secondary N) is 1. The first-order valence-electron chi connectivity index (χ1n) is 8.22. The molecule has 1 heterocycles. The fourth-order valence-corrected chi connectivity index (χ4v) is 3.28. The molecule has 1 aliphatic carbocycles. The van der Waals surface area contributed by atoms with Gasteiger partial charge in [0.25, 0.3) is 0 Å². The van der Waals surface area contributed by atoms with Crippen LogP contribution in [0.15, 0.2) is 0 Å². The zero-order valence-corrected chi connectivity index (χ0v) is 12.0. The van der Waals surface area contributed by atoms with Crippen molar-refractivity contribution < 1.29 is 0 Å². The number of likely N-dealkylation sites (tertiary alicyclic amines) is 1. The van der Waals surface area contributed by atoms with Crippen LogP contribution in [0, 0.1) is 6.42 Å². The van der Waals surface area contributed by atoms with Crippen molar-refractivity contribution in [3.05, 3.63) is 6.42 Å². The highest BCUT2D eigenvalue weighted by Crippen LogP contribution is 2.17. The summed E-state index contributed by atoms with van der Waals surface area (Å²) in [5.74, 6) is 0. The maximum atomic E-state index is 3.74. The summed E-state index contributed by atoms with van der Waals surface area (Å²) >= 11 is 0. The first-order valence-corrected chi connectivity index (χ1v) is 8.22. The van der Waals surface area contributed by atoms with Gasteiger partial charge < -0.3 is 10.2 Å². The maximum absolute atomic E-state index is 3.74. The van der Waals surface area contributed by atoms with E-state index in [0.29, 0.717) is 0 Å². The first kappa shape index (κ1) is 14.3. The number of piperidine rings is 1. The molecule has 18 heavy (non-hydrogen) atoms. The highest BCUT2D eigenvalue weighted by atomic mass is 15.1. The third-order valence-electron chi connectivity index (χ3n) is 4.49. The summed E-state index contributed by atoms with van der Waals surface area (Å²) in [6, 6.07) is 0.844. The van der Waals surface area contributed by atoms with Crippen LogP contribution in [0.1, 0.15) is 64.2 Å². The van der Waals surface area contributed by atoms with Crippen molar-refractivity contribution in [2.24, 2.45) is 0 Å². The predicted octanol–water partition coefficient (Wildman–Crippen LogP) is 3.38. The van der Waals surface area contributed by atoms with Crippen LogP contribution in [0.3, 0.4) is 0 Å². The van der Waals surface area contributed by atoms with Crippen molar-refractivity contribution in [1.82, 2.24) is 10.2 Å². The van der Waals surface area contributed by atoms with Crippen molar-refractivity contribution >= 4 is 0 Å². The van der Waals surface area contributed by atoms with Gasteiger partial charge in [-0.05, 0) is 71.1 Å². The Morgan fingerprint density at radius 1 is 0.944 bits per heavy atom. The van der Waals surface area contributed by atoms with E-state index in [-0.39, 0.29) is 0 Å². The van der Waals surface area contributed by atoms with Crippen LogP contribution in [-0.4, -0.2) is 37.1 Å². The lowest BCUT2D eigenvalue weighted by Crippen LogP contribution is -2.32. The van der Waals surface area contributed by atoms with Gasteiger partial charge in [0.05, 0.1) is 0 Å². The number of hydrogen-bond donors (Lipinski definition) is 1. The van der Waals surface area contributed by atoms with E-state index in [0.717, 1.165) is 6.04 Å². The van der Waals surface area contributed by atoms with Crippen LogP contribution in [0.5, 0.6) is 0 Å². The zero-order valence-electron chi connectivity index (χ0n) is 12.0. The molecule has 0 unspecified atom stereocenters. The summed E-state index contributed by atoms with van der Waals surface area (Å²) in [6.45, 7) is 5.19. The third-order valence-corrected chi connectivity index (χ3v) is 4.49. The Morgan fingerprint density at radius 2 is 1.72 bits per heavy atom. The molecule has 0 bridgehead atoms. The highest BCUT2D eigenvalue weighted by molar-refractivity contribution is 4.76. The minimum atomic E-state index is 0.844. The van der Waals surface area contributed by atoms with Gasteiger partial charge in [0.15, 0.2) is 0 Å². The largest absolute Gasteiger partial charge is 0.314 e. The molecule has 1 N–H and O–H groups in total. The molecule has 0 amide bonds. The standard InChI is InChI=1S/C16H31N2/c1-4-10-16(11-5-1)17-12-6-2-7-13-18-14-8-3-9-15-18/h3,16-17H,1-2,4-15H2. The molecule has 1 aliphatic heterocycles. The minimum absolute atomic E-state index is 0.844. The van der Waals surface area contributed by atoms with Gasteiger partial charge in [0.2, 0.25) is 0 Å². The molecule has 0 aromatic heterocycles. The van der Waals surface area contributed by atoms with Crippen LogP contribution < -0.4 is 5.32 Å². The Hall–Kier alpha value is -0.0800. The molecule has 2 fully saturated rings. The van der Waals surface area contributed by atoms with Crippen molar-refractivity contribution in [1.29, 1.82) is 0 Å². The van der Waals surface area contributed by atoms with E-state index in [1.807, 2.05) is 0 Å². The fourth-order valence-electron chi connectivity index (χ4n) is 3.28. The van der Waals surface area contributed by atoms with Crippen molar-refractivity contribution in [2.75, 3.05) is 26.2 Å². The van der Waals surface area contributed by atoms with Crippen LogP contribution in [0.25, 0.3) is 0 Å². The van der Waals surface area contributed by atoms with Crippen molar-refractivity contribution in [3.63, 3.8) is 0 Å². The smallest absolute Gasteiger partial charge is 0.00670 e. The summed E-state index contributed by atoms with van der Waals surface area (Å²) in [6.07, 6.45) is 16.4. The van der Waals surface area contributed by atoms with E-state index in [4.69, 9.17) is 0 Å². The summed E-state index contributed by atoms with van der Waals surface area (Å²) in [5.41, 5.74) is 0. The lowest BCUT2D eigenvalue weighted by Gasteiger charge is -2.26. The second-order valence-electron chi connectivity index (χ2n) is 6.06. The van der Waals surface area contributed by atoms with E-state index in [1.165, 1.54) is 90.4 Å². The molecule has 2 aliphatic rings. The van der Waals surface area contributed by atoms with E-state index < -0.39 is 0 Å². The van der Waals surface area contributed by atoms with Crippen molar-refractivity contribution in [2.45, 2.75) is 70.3 Å². The molecule has 0 atom stereocenters. The topological polar surface area (TPSA) is 15.3 Å². The van der Waals surface area contributed by atoms with Gasteiger partial charge >= 0.3 is 0 Å². The number of rotatable bonds is 7. The molecule has 1 saturated heterocycles. The highest BCUT2D eigenvalue weighted by Gasteiger charge is 2.12. The minimum Gasteiger partial charge on any atom is -0.314 e. The fraction of sp³-hybridized carbons (Fsp3) is 0.938. The molecule has 0 aromatic carbocycles. The van der Waals surface area contributed by atoms with E-state index >= 15 is 0 Å². The Morgan fingerprint density at radius 3 is 2.50 bits per heavy atom. The molecular formula is C16H31N2. The average Bonchev–Trinajstić information content (AvgIpc) is 2.45. The van der Waals surface area contributed by atoms with Crippen LogP contribution in [0.2, 0.25) is 0 Å². The van der Waals surface area contributed by atoms with Crippen LogP contribution >= 0.6 is 0 Å². The maximum Gasteiger partial charge on any atom is 0.00670 e.